The van der Waals surface area contributed by atoms with Gasteiger partial charge >= 0.3 is 0 Å². The van der Waals surface area contributed by atoms with Crippen molar-refractivity contribution in [3.63, 3.8) is 0 Å². The van der Waals surface area contributed by atoms with Crippen LogP contribution in [-0.4, -0.2) is 11.6 Å². The summed E-state index contributed by atoms with van der Waals surface area (Å²) in [6, 6.07) is 4.12. The molecule has 0 unspecified atom stereocenters. The fourth-order valence-electron chi connectivity index (χ4n) is 2.39. The Kier molecular flexibility index (Phi) is 4.20. The number of hydrogen-bond donors (Lipinski definition) is 0. The molecule has 0 aliphatic heterocycles. The van der Waals surface area contributed by atoms with Crippen LogP contribution in [0.4, 0.5) is 0 Å². The van der Waals surface area contributed by atoms with Gasteiger partial charge in [0.05, 0.1) is 6.61 Å². The van der Waals surface area contributed by atoms with Gasteiger partial charge in [0.2, 0.25) is 5.88 Å². The van der Waals surface area contributed by atoms with Crippen molar-refractivity contribution < 1.29 is 4.74 Å². The summed E-state index contributed by atoms with van der Waals surface area (Å²) in [5.74, 6) is 1.62. The quantitative estimate of drug-likeness (QED) is 0.754. The topological polar surface area (TPSA) is 22.1 Å². The van der Waals surface area contributed by atoms with Gasteiger partial charge in [0, 0.05) is 11.8 Å². The molecule has 0 aromatic carbocycles. The predicted octanol–water partition coefficient (Wildman–Crippen LogP) is 3.60. The summed E-state index contributed by atoms with van der Waals surface area (Å²) in [4.78, 5) is 4.34. The molecule has 0 saturated heterocycles. The Bertz CT molecular complexity index is 318. The van der Waals surface area contributed by atoms with Crippen molar-refractivity contribution in [2.45, 2.75) is 45.4 Å². The second-order valence-corrected chi connectivity index (χ2v) is 4.68. The summed E-state index contributed by atoms with van der Waals surface area (Å²) in [5, 5.41) is 0. The molecule has 0 spiro atoms. The average molecular weight is 219 g/mol. The predicted molar refractivity (Wildman–Crippen MR) is 65.7 cm³/mol. The standard InChI is InChI=1S/C14H21NO/c1-2-6-13-9-5-10-15-14(13)16-11-12-7-3-4-8-12/h5,9-10,12H,2-4,6-8,11H2,1H3. The van der Waals surface area contributed by atoms with E-state index in [1.54, 1.807) is 0 Å². The molecule has 1 saturated carbocycles. The number of pyridine rings is 1. The lowest BCUT2D eigenvalue weighted by molar-refractivity contribution is 0.241. The molecule has 0 amide bonds. The first-order valence-corrected chi connectivity index (χ1v) is 6.47. The van der Waals surface area contributed by atoms with Crippen molar-refractivity contribution in [3.8, 4) is 5.88 Å². The van der Waals surface area contributed by atoms with Crippen molar-refractivity contribution in [3.05, 3.63) is 23.9 Å². The van der Waals surface area contributed by atoms with E-state index < -0.39 is 0 Å². The zero-order valence-corrected chi connectivity index (χ0v) is 10.1. The number of rotatable bonds is 5. The van der Waals surface area contributed by atoms with Crippen LogP contribution in [0.3, 0.4) is 0 Å². The number of hydrogen-bond acceptors (Lipinski definition) is 2. The number of nitrogens with zero attached hydrogens (tertiary/aromatic N) is 1. The molecule has 0 bridgehead atoms. The molecule has 2 nitrogen and oxygen atoms in total. The van der Waals surface area contributed by atoms with Gasteiger partial charge in [0.1, 0.15) is 0 Å². The Morgan fingerprint density at radius 1 is 1.38 bits per heavy atom. The van der Waals surface area contributed by atoms with E-state index in [0.29, 0.717) is 0 Å². The number of aryl methyl sites for hydroxylation is 1. The SMILES string of the molecule is CCCc1cccnc1OCC1CCCC1. The Hall–Kier alpha value is -1.05. The van der Waals surface area contributed by atoms with Crippen LogP contribution in [0.2, 0.25) is 0 Å². The molecular formula is C14H21NO. The molecule has 1 fully saturated rings. The Morgan fingerprint density at radius 3 is 2.94 bits per heavy atom. The van der Waals surface area contributed by atoms with E-state index in [2.05, 4.69) is 18.0 Å². The van der Waals surface area contributed by atoms with Crippen LogP contribution in [0.1, 0.15) is 44.6 Å². The Labute approximate surface area is 98.0 Å². The van der Waals surface area contributed by atoms with Gasteiger partial charge in [-0.3, -0.25) is 0 Å². The molecule has 1 aromatic heterocycles. The molecular weight excluding hydrogens is 198 g/mol. The lowest BCUT2D eigenvalue weighted by atomic mass is 10.1. The second-order valence-electron chi connectivity index (χ2n) is 4.68. The summed E-state index contributed by atoms with van der Waals surface area (Å²) in [6.45, 7) is 3.04. The van der Waals surface area contributed by atoms with Gasteiger partial charge in [-0.15, -0.1) is 0 Å². The molecule has 2 heteroatoms. The molecule has 2 rings (SSSR count). The Morgan fingerprint density at radius 2 is 2.19 bits per heavy atom. The molecule has 0 atom stereocenters. The minimum Gasteiger partial charge on any atom is -0.477 e. The lowest BCUT2D eigenvalue weighted by Gasteiger charge is -2.13. The third-order valence-electron chi connectivity index (χ3n) is 3.30. The van der Waals surface area contributed by atoms with E-state index in [1.165, 1.54) is 31.2 Å². The fraction of sp³-hybridized carbons (Fsp3) is 0.643. The van der Waals surface area contributed by atoms with E-state index in [4.69, 9.17) is 4.74 Å². The Balaban J connectivity index is 1.91. The highest BCUT2D eigenvalue weighted by Gasteiger charge is 2.16. The molecule has 16 heavy (non-hydrogen) atoms. The fourth-order valence-corrected chi connectivity index (χ4v) is 2.39. The van der Waals surface area contributed by atoms with Gasteiger partial charge in [-0.25, -0.2) is 4.98 Å². The summed E-state index contributed by atoms with van der Waals surface area (Å²) in [6.07, 6.45) is 9.43. The summed E-state index contributed by atoms with van der Waals surface area (Å²) in [5.41, 5.74) is 1.25. The van der Waals surface area contributed by atoms with E-state index in [-0.39, 0.29) is 0 Å². The highest BCUT2D eigenvalue weighted by molar-refractivity contribution is 5.25. The van der Waals surface area contributed by atoms with E-state index in [0.717, 1.165) is 31.2 Å². The van der Waals surface area contributed by atoms with Gasteiger partial charge in [0.15, 0.2) is 0 Å². The smallest absolute Gasteiger partial charge is 0.216 e. The molecule has 1 aliphatic carbocycles. The monoisotopic (exact) mass is 219 g/mol. The van der Waals surface area contributed by atoms with Crippen molar-refractivity contribution in [2.24, 2.45) is 5.92 Å². The zero-order chi connectivity index (χ0) is 11.2. The maximum absolute atomic E-state index is 5.86. The lowest BCUT2D eigenvalue weighted by Crippen LogP contribution is -2.10. The first kappa shape index (κ1) is 11.4. The maximum atomic E-state index is 5.86. The minimum absolute atomic E-state index is 0.761. The highest BCUT2D eigenvalue weighted by Crippen LogP contribution is 2.26. The van der Waals surface area contributed by atoms with Crippen LogP contribution in [0.5, 0.6) is 5.88 Å². The normalized spacial score (nSPS) is 16.6. The third-order valence-corrected chi connectivity index (χ3v) is 3.30. The molecule has 88 valence electrons. The van der Waals surface area contributed by atoms with Crippen molar-refractivity contribution in [2.75, 3.05) is 6.61 Å². The summed E-state index contributed by atoms with van der Waals surface area (Å²) < 4.78 is 5.86. The molecule has 1 aliphatic rings. The van der Waals surface area contributed by atoms with Crippen LogP contribution in [0.25, 0.3) is 0 Å². The minimum atomic E-state index is 0.761. The molecule has 1 aromatic rings. The highest BCUT2D eigenvalue weighted by atomic mass is 16.5. The second kappa shape index (κ2) is 5.88. The van der Waals surface area contributed by atoms with Crippen LogP contribution in [0.15, 0.2) is 18.3 Å². The van der Waals surface area contributed by atoms with Crippen molar-refractivity contribution >= 4 is 0 Å². The van der Waals surface area contributed by atoms with Gasteiger partial charge < -0.3 is 4.74 Å². The van der Waals surface area contributed by atoms with Crippen LogP contribution in [-0.2, 0) is 6.42 Å². The van der Waals surface area contributed by atoms with Crippen molar-refractivity contribution in [1.29, 1.82) is 0 Å². The largest absolute Gasteiger partial charge is 0.477 e. The number of aromatic nitrogens is 1. The first-order valence-electron chi connectivity index (χ1n) is 6.47. The van der Waals surface area contributed by atoms with E-state index in [9.17, 15) is 0 Å². The molecule has 0 radical (unpaired) electrons. The van der Waals surface area contributed by atoms with Gasteiger partial charge in [-0.1, -0.05) is 32.3 Å². The average Bonchev–Trinajstić information content (AvgIpc) is 2.81. The van der Waals surface area contributed by atoms with Crippen LogP contribution >= 0.6 is 0 Å². The number of ether oxygens (including phenoxy) is 1. The van der Waals surface area contributed by atoms with Crippen molar-refractivity contribution in [1.82, 2.24) is 4.98 Å². The van der Waals surface area contributed by atoms with Gasteiger partial charge in [0.25, 0.3) is 0 Å². The van der Waals surface area contributed by atoms with Gasteiger partial charge in [-0.05, 0) is 31.2 Å². The van der Waals surface area contributed by atoms with E-state index >= 15 is 0 Å². The van der Waals surface area contributed by atoms with Crippen LogP contribution < -0.4 is 4.74 Å². The van der Waals surface area contributed by atoms with Crippen LogP contribution in [0, 0.1) is 5.92 Å². The third kappa shape index (κ3) is 2.97. The van der Waals surface area contributed by atoms with Gasteiger partial charge in [-0.2, -0.15) is 0 Å². The van der Waals surface area contributed by atoms with E-state index in [1.807, 2.05) is 12.3 Å². The maximum Gasteiger partial charge on any atom is 0.216 e. The molecule has 0 N–H and O–H groups in total. The first-order chi connectivity index (χ1) is 7.90. The zero-order valence-electron chi connectivity index (χ0n) is 10.1. The summed E-state index contributed by atoms with van der Waals surface area (Å²) in [7, 11) is 0. The molecule has 1 heterocycles. The summed E-state index contributed by atoms with van der Waals surface area (Å²) >= 11 is 0.